The predicted molar refractivity (Wildman–Crippen MR) is 117 cm³/mol. The van der Waals surface area contributed by atoms with Crippen LogP contribution in [0.15, 0.2) is 39.6 Å². The molecule has 7 nitrogen and oxygen atoms in total. The SMILES string of the molecule is CCn1c(=O)c(Br)cc2c(C)nc(Nc3ccc(N4CCNCC4)cc3)nc21. The summed E-state index contributed by atoms with van der Waals surface area (Å²) in [4.78, 5) is 24.0. The minimum Gasteiger partial charge on any atom is -0.369 e. The highest BCUT2D eigenvalue weighted by Crippen LogP contribution is 2.23. The second-order valence-corrected chi connectivity index (χ2v) is 7.67. The number of aryl methyl sites for hydroxylation is 2. The largest absolute Gasteiger partial charge is 0.369 e. The zero-order valence-electron chi connectivity index (χ0n) is 16.0. The van der Waals surface area contributed by atoms with Crippen molar-refractivity contribution >= 4 is 44.3 Å². The van der Waals surface area contributed by atoms with Crippen LogP contribution < -0.4 is 21.1 Å². The molecule has 28 heavy (non-hydrogen) atoms. The summed E-state index contributed by atoms with van der Waals surface area (Å²) in [6.45, 7) is 8.48. The third-order valence-corrected chi connectivity index (χ3v) is 5.58. The Hall–Kier alpha value is -2.45. The van der Waals surface area contributed by atoms with E-state index in [1.165, 1.54) is 5.69 Å². The number of hydrogen-bond acceptors (Lipinski definition) is 6. The number of halogens is 1. The predicted octanol–water partition coefficient (Wildman–Crippen LogP) is 3.04. The second kappa shape index (κ2) is 7.89. The summed E-state index contributed by atoms with van der Waals surface area (Å²) in [7, 11) is 0. The van der Waals surface area contributed by atoms with Gasteiger partial charge < -0.3 is 15.5 Å². The van der Waals surface area contributed by atoms with Crippen LogP contribution in [0.25, 0.3) is 11.0 Å². The molecule has 1 aromatic carbocycles. The van der Waals surface area contributed by atoms with Gasteiger partial charge in [0.05, 0.1) is 10.2 Å². The maximum Gasteiger partial charge on any atom is 0.266 e. The molecule has 0 aliphatic carbocycles. The summed E-state index contributed by atoms with van der Waals surface area (Å²) in [5.74, 6) is 0.490. The molecular weight excluding hydrogens is 420 g/mol. The number of piperazine rings is 1. The van der Waals surface area contributed by atoms with Crippen LogP contribution in [0.1, 0.15) is 12.6 Å². The molecule has 1 aliphatic rings. The van der Waals surface area contributed by atoms with Gasteiger partial charge in [-0.15, -0.1) is 0 Å². The lowest BCUT2D eigenvalue weighted by Gasteiger charge is -2.29. The quantitative estimate of drug-likeness (QED) is 0.646. The normalized spacial score (nSPS) is 14.5. The van der Waals surface area contributed by atoms with Crippen molar-refractivity contribution in [2.75, 3.05) is 36.4 Å². The number of pyridine rings is 1. The van der Waals surface area contributed by atoms with Gasteiger partial charge >= 0.3 is 0 Å². The van der Waals surface area contributed by atoms with Gasteiger partial charge in [-0.05, 0) is 60.1 Å². The number of nitrogens with one attached hydrogen (secondary N) is 2. The van der Waals surface area contributed by atoms with Crippen LogP contribution in [0, 0.1) is 6.92 Å². The maximum atomic E-state index is 12.4. The first kappa shape index (κ1) is 18.9. The van der Waals surface area contributed by atoms with Crippen molar-refractivity contribution in [3.63, 3.8) is 0 Å². The summed E-state index contributed by atoms with van der Waals surface area (Å²) >= 11 is 3.34. The minimum atomic E-state index is -0.0839. The van der Waals surface area contributed by atoms with E-state index in [0.717, 1.165) is 42.9 Å². The molecule has 0 amide bonds. The van der Waals surface area contributed by atoms with Crippen molar-refractivity contribution < 1.29 is 0 Å². The van der Waals surface area contributed by atoms with E-state index >= 15 is 0 Å². The molecule has 8 heteroatoms. The molecule has 2 aromatic heterocycles. The third kappa shape index (κ3) is 3.62. The van der Waals surface area contributed by atoms with Crippen LogP contribution in [0.5, 0.6) is 0 Å². The number of benzene rings is 1. The Morgan fingerprint density at radius 2 is 1.89 bits per heavy atom. The van der Waals surface area contributed by atoms with Crippen molar-refractivity contribution in [2.45, 2.75) is 20.4 Å². The van der Waals surface area contributed by atoms with Crippen molar-refractivity contribution in [1.29, 1.82) is 0 Å². The van der Waals surface area contributed by atoms with Crippen LogP contribution in [-0.2, 0) is 6.54 Å². The zero-order valence-corrected chi connectivity index (χ0v) is 17.6. The van der Waals surface area contributed by atoms with Gasteiger partial charge in [-0.2, -0.15) is 4.98 Å². The maximum absolute atomic E-state index is 12.4. The van der Waals surface area contributed by atoms with Gasteiger partial charge in [-0.1, -0.05) is 0 Å². The van der Waals surface area contributed by atoms with E-state index in [-0.39, 0.29) is 5.56 Å². The smallest absolute Gasteiger partial charge is 0.266 e. The first-order chi connectivity index (χ1) is 13.6. The number of rotatable bonds is 4. The van der Waals surface area contributed by atoms with E-state index in [9.17, 15) is 4.79 Å². The second-order valence-electron chi connectivity index (χ2n) is 6.82. The molecule has 0 radical (unpaired) electrons. The van der Waals surface area contributed by atoms with Crippen LogP contribution >= 0.6 is 15.9 Å². The van der Waals surface area contributed by atoms with Crippen molar-refractivity contribution in [3.8, 4) is 0 Å². The molecule has 1 fully saturated rings. The molecule has 0 unspecified atom stereocenters. The van der Waals surface area contributed by atoms with Crippen molar-refractivity contribution in [3.05, 3.63) is 50.9 Å². The molecule has 1 aliphatic heterocycles. The van der Waals surface area contributed by atoms with Crippen LogP contribution in [0.2, 0.25) is 0 Å². The lowest BCUT2D eigenvalue weighted by Crippen LogP contribution is -2.43. The molecular formula is C20H23BrN6O. The third-order valence-electron chi connectivity index (χ3n) is 5.01. The van der Waals surface area contributed by atoms with Gasteiger partial charge in [0.15, 0.2) is 0 Å². The average molecular weight is 443 g/mol. The Bertz CT molecular complexity index is 1060. The van der Waals surface area contributed by atoms with E-state index in [4.69, 9.17) is 0 Å². The average Bonchev–Trinajstić information content (AvgIpc) is 2.71. The van der Waals surface area contributed by atoms with Gasteiger partial charge in [-0.25, -0.2) is 4.98 Å². The molecule has 3 heterocycles. The van der Waals surface area contributed by atoms with Crippen molar-refractivity contribution in [1.82, 2.24) is 19.9 Å². The molecule has 4 rings (SSSR count). The molecule has 0 saturated carbocycles. The Morgan fingerprint density at radius 1 is 1.18 bits per heavy atom. The van der Waals surface area contributed by atoms with Crippen LogP contribution in [0.4, 0.5) is 17.3 Å². The Labute approximate surface area is 171 Å². The van der Waals surface area contributed by atoms with Crippen LogP contribution in [-0.4, -0.2) is 40.7 Å². The fourth-order valence-electron chi connectivity index (χ4n) is 3.51. The number of nitrogens with zero attached hydrogens (tertiary/aromatic N) is 4. The van der Waals surface area contributed by atoms with Crippen molar-refractivity contribution in [2.24, 2.45) is 0 Å². The highest BCUT2D eigenvalue weighted by Gasteiger charge is 2.13. The molecule has 0 atom stereocenters. The minimum absolute atomic E-state index is 0.0839. The first-order valence-corrected chi connectivity index (χ1v) is 10.3. The summed E-state index contributed by atoms with van der Waals surface area (Å²) in [5.41, 5.74) is 3.52. The monoisotopic (exact) mass is 442 g/mol. The van der Waals surface area contributed by atoms with Gasteiger partial charge in [0, 0.05) is 49.5 Å². The van der Waals surface area contributed by atoms with E-state index in [0.29, 0.717) is 22.6 Å². The van der Waals surface area contributed by atoms with E-state index < -0.39 is 0 Å². The topological polar surface area (TPSA) is 75.1 Å². The van der Waals surface area contributed by atoms with E-state index in [1.807, 2.05) is 26.0 Å². The van der Waals surface area contributed by atoms with E-state index in [2.05, 4.69) is 53.6 Å². The van der Waals surface area contributed by atoms with Gasteiger partial charge in [0.1, 0.15) is 5.65 Å². The standard InChI is InChI=1S/C20H23BrN6O/c1-3-27-18-16(12-17(21)19(27)28)13(2)23-20(25-18)24-14-4-6-15(7-5-14)26-10-8-22-9-11-26/h4-7,12,22H,3,8-11H2,1-2H3,(H,23,24,25). The Kier molecular flexibility index (Phi) is 5.32. The lowest BCUT2D eigenvalue weighted by atomic mass is 10.2. The number of hydrogen-bond donors (Lipinski definition) is 2. The zero-order chi connectivity index (χ0) is 19.7. The molecule has 1 saturated heterocycles. The van der Waals surface area contributed by atoms with E-state index in [1.54, 1.807) is 10.6 Å². The first-order valence-electron chi connectivity index (χ1n) is 9.47. The molecule has 0 bridgehead atoms. The summed E-state index contributed by atoms with van der Waals surface area (Å²) in [5, 5.41) is 7.51. The summed E-state index contributed by atoms with van der Waals surface area (Å²) < 4.78 is 2.19. The lowest BCUT2D eigenvalue weighted by molar-refractivity contribution is 0.589. The number of aromatic nitrogens is 3. The fraction of sp³-hybridized carbons (Fsp3) is 0.350. The molecule has 0 spiro atoms. The summed E-state index contributed by atoms with van der Waals surface area (Å²) in [6.07, 6.45) is 0. The van der Waals surface area contributed by atoms with Crippen LogP contribution in [0.3, 0.4) is 0 Å². The van der Waals surface area contributed by atoms with Gasteiger partial charge in [0.2, 0.25) is 5.95 Å². The molecule has 3 aromatic rings. The van der Waals surface area contributed by atoms with Gasteiger partial charge in [0.25, 0.3) is 5.56 Å². The Balaban J connectivity index is 1.64. The molecule has 2 N–H and O–H groups in total. The molecule has 146 valence electrons. The highest BCUT2D eigenvalue weighted by atomic mass is 79.9. The number of fused-ring (bicyclic) bond motifs is 1. The fourth-order valence-corrected chi connectivity index (χ4v) is 3.95. The van der Waals surface area contributed by atoms with Gasteiger partial charge in [-0.3, -0.25) is 9.36 Å². The number of anilines is 3. The summed E-state index contributed by atoms with van der Waals surface area (Å²) in [6, 6.07) is 10.1. The highest BCUT2D eigenvalue weighted by molar-refractivity contribution is 9.10. The Morgan fingerprint density at radius 3 is 2.57 bits per heavy atom.